The number of hydrogen-bond donors (Lipinski definition) is 2. The van der Waals surface area contributed by atoms with Gasteiger partial charge >= 0.3 is 0 Å². The third kappa shape index (κ3) is 5.00. The molecule has 1 aliphatic rings. The number of fused-ring (bicyclic) bond motifs is 1. The van der Waals surface area contributed by atoms with Crippen molar-refractivity contribution < 1.29 is 23.2 Å². The van der Waals surface area contributed by atoms with Crippen LogP contribution in [0.1, 0.15) is 17.7 Å². The van der Waals surface area contributed by atoms with Gasteiger partial charge < -0.3 is 9.64 Å². The van der Waals surface area contributed by atoms with E-state index in [0.717, 1.165) is 22.2 Å². The van der Waals surface area contributed by atoms with Crippen LogP contribution in [0.25, 0.3) is 10.9 Å². The van der Waals surface area contributed by atoms with E-state index in [1.54, 1.807) is 24.7 Å². The predicted octanol–water partition coefficient (Wildman–Crippen LogP) is 2.72. The fourth-order valence-corrected chi connectivity index (χ4v) is 6.06. The van der Waals surface area contributed by atoms with Crippen molar-refractivity contribution in [3.8, 4) is 5.75 Å². The second-order valence-electron chi connectivity index (χ2n) is 8.40. The molecule has 8 nitrogen and oxygen atoms in total. The zero-order valence-corrected chi connectivity index (χ0v) is 19.4. The van der Waals surface area contributed by atoms with E-state index in [1.807, 2.05) is 42.2 Å². The number of carbonyl (C=O) groups is 1. The van der Waals surface area contributed by atoms with E-state index < -0.39 is 27.7 Å². The van der Waals surface area contributed by atoms with Gasteiger partial charge in [-0.2, -0.15) is 0 Å². The molecule has 0 saturated carbocycles. The smallest absolute Gasteiger partial charge is 0.248 e. The highest BCUT2D eigenvalue weighted by Gasteiger charge is 2.39. The highest BCUT2D eigenvalue weighted by molar-refractivity contribution is 7.91. The van der Waals surface area contributed by atoms with Crippen molar-refractivity contribution in [3.05, 3.63) is 65.9 Å². The third-order valence-electron chi connectivity index (χ3n) is 6.17. The van der Waals surface area contributed by atoms with Gasteiger partial charge in [0.1, 0.15) is 12.4 Å². The molecule has 0 radical (unpaired) electrons. The molecule has 2 atom stereocenters. The van der Waals surface area contributed by atoms with Crippen LogP contribution in [0.3, 0.4) is 0 Å². The molecule has 2 heterocycles. The molecule has 0 bridgehead atoms. The van der Waals surface area contributed by atoms with Gasteiger partial charge in [0.2, 0.25) is 5.91 Å². The van der Waals surface area contributed by atoms with Crippen molar-refractivity contribution in [2.24, 2.45) is 5.92 Å². The summed E-state index contributed by atoms with van der Waals surface area (Å²) in [6, 6.07) is 15.7. The number of para-hydroxylation sites is 1. The fraction of sp³-hybridized carbons (Fsp3) is 0.333. The molecule has 1 fully saturated rings. The number of hydroxylamine groups is 1. The minimum absolute atomic E-state index is 0.170. The van der Waals surface area contributed by atoms with Gasteiger partial charge in [0.05, 0.1) is 22.1 Å². The number of likely N-dealkylation sites (tertiary alicyclic amines) is 1. The number of nitrogens with one attached hydrogen (secondary N) is 1. The summed E-state index contributed by atoms with van der Waals surface area (Å²) < 4.78 is 31.9. The minimum atomic E-state index is -3.64. The van der Waals surface area contributed by atoms with Crippen LogP contribution in [0.2, 0.25) is 0 Å². The van der Waals surface area contributed by atoms with E-state index in [2.05, 4.69) is 4.98 Å². The molecule has 4 rings (SSSR count). The van der Waals surface area contributed by atoms with Crippen LogP contribution in [0, 0.1) is 12.8 Å². The van der Waals surface area contributed by atoms with E-state index in [1.165, 1.54) is 12.1 Å². The lowest BCUT2D eigenvalue weighted by atomic mass is 10.0. The normalized spacial score (nSPS) is 19.0. The van der Waals surface area contributed by atoms with Crippen molar-refractivity contribution in [1.29, 1.82) is 0 Å². The average Bonchev–Trinajstić information content (AvgIpc) is 3.16. The standard InChI is InChI=1S/C24H27N3O5S/c1-16-13-17(20-5-3-4-6-22(20)25-16)14-32-18-7-9-19(10-8-18)33(30,31)15-23-21(24(28)26-29)11-12-27(23)2/h3-10,13,21,23,29H,11-12,14-15H2,1-2H3,(H,26,28)/t21-,23-/m1/s1. The monoisotopic (exact) mass is 469 g/mol. The molecule has 9 heteroatoms. The Balaban J connectivity index is 1.46. The molecule has 2 aromatic carbocycles. The first-order chi connectivity index (χ1) is 15.8. The van der Waals surface area contributed by atoms with E-state index in [4.69, 9.17) is 9.94 Å². The SMILES string of the molecule is Cc1cc(COc2ccc(S(=O)(=O)C[C@@H]3[C@H](C(=O)NO)CCN3C)cc2)c2ccccc2n1. The number of carbonyl (C=O) groups excluding carboxylic acids is 1. The second kappa shape index (κ2) is 9.46. The summed E-state index contributed by atoms with van der Waals surface area (Å²) in [6.07, 6.45) is 0.499. The first-order valence-electron chi connectivity index (χ1n) is 10.7. The lowest BCUT2D eigenvalue weighted by molar-refractivity contribution is -0.133. The van der Waals surface area contributed by atoms with Crippen LogP contribution in [0.15, 0.2) is 59.5 Å². The third-order valence-corrected chi connectivity index (χ3v) is 7.94. The summed E-state index contributed by atoms with van der Waals surface area (Å²) >= 11 is 0. The number of amides is 1. The summed E-state index contributed by atoms with van der Waals surface area (Å²) in [7, 11) is -1.85. The molecule has 2 N–H and O–H groups in total. The highest BCUT2D eigenvalue weighted by Crippen LogP contribution is 2.27. The molecule has 3 aromatic rings. The summed E-state index contributed by atoms with van der Waals surface area (Å²) in [6.45, 7) is 2.86. The molecule has 1 aromatic heterocycles. The highest BCUT2D eigenvalue weighted by atomic mass is 32.2. The van der Waals surface area contributed by atoms with Crippen LogP contribution < -0.4 is 10.2 Å². The molecule has 1 saturated heterocycles. The van der Waals surface area contributed by atoms with Gasteiger partial charge in [0, 0.05) is 22.7 Å². The lowest BCUT2D eigenvalue weighted by Crippen LogP contribution is -2.42. The maximum atomic E-state index is 13.0. The minimum Gasteiger partial charge on any atom is -0.489 e. The predicted molar refractivity (Wildman–Crippen MR) is 124 cm³/mol. The fourth-order valence-electron chi connectivity index (χ4n) is 4.38. The van der Waals surface area contributed by atoms with Gasteiger partial charge in [-0.05, 0) is 63.3 Å². The zero-order chi connectivity index (χ0) is 23.6. The van der Waals surface area contributed by atoms with Gasteiger partial charge in [-0.1, -0.05) is 18.2 Å². The zero-order valence-electron chi connectivity index (χ0n) is 18.6. The van der Waals surface area contributed by atoms with Crippen molar-refractivity contribution in [2.45, 2.75) is 30.9 Å². The van der Waals surface area contributed by atoms with E-state index in [0.29, 0.717) is 25.3 Å². The average molecular weight is 470 g/mol. The van der Waals surface area contributed by atoms with Crippen molar-refractivity contribution >= 4 is 26.6 Å². The molecule has 174 valence electrons. The lowest BCUT2D eigenvalue weighted by Gasteiger charge is -2.23. The molecule has 1 amide bonds. The first kappa shape index (κ1) is 23.2. The number of nitrogens with zero attached hydrogens (tertiary/aromatic N) is 2. The first-order valence-corrected chi connectivity index (χ1v) is 12.4. The summed E-state index contributed by atoms with van der Waals surface area (Å²) in [5, 5.41) is 9.98. The molecule has 1 aliphatic heterocycles. The maximum absolute atomic E-state index is 13.0. The van der Waals surface area contributed by atoms with Crippen molar-refractivity contribution in [2.75, 3.05) is 19.3 Å². The van der Waals surface area contributed by atoms with Gasteiger partial charge in [-0.25, -0.2) is 13.9 Å². The Morgan fingerprint density at radius 1 is 1.21 bits per heavy atom. The van der Waals surface area contributed by atoms with Crippen LogP contribution >= 0.6 is 0 Å². The summed E-state index contributed by atoms with van der Waals surface area (Å²) in [4.78, 5) is 18.5. The Kier molecular flexibility index (Phi) is 6.64. The number of hydrogen-bond acceptors (Lipinski definition) is 7. The van der Waals surface area contributed by atoms with Gasteiger partial charge in [0.25, 0.3) is 0 Å². The second-order valence-corrected chi connectivity index (χ2v) is 10.4. The number of benzene rings is 2. The van der Waals surface area contributed by atoms with E-state index in [9.17, 15) is 13.2 Å². The Bertz CT molecular complexity index is 1260. The largest absolute Gasteiger partial charge is 0.489 e. The maximum Gasteiger partial charge on any atom is 0.248 e. The Morgan fingerprint density at radius 2 is 1.94 bits per heavy atom. The van der Waals surface area contributed by atoms with Crippen LogP contribution in [0.5, 0.6) is 5.75 Å². The number of ether oxygens (including phenoxy) is 1. The Morgan fingerprint density at radius 3 is 2.67 bits per heavy atom. The number of rotatable bonds is 7. The summed E-state index contributed by atoms with van der Waals surface area (Å²) in [5.41, 5.74) is 4.47. The topological polar surface area (TPSA) is 109 Å². The summed E-state index contributed by atoms with van der Waals surface area (Å²) in [5.74, 6) is -0.773. The van der Waals surface area contributed by atoms with Crippen LogP contribution in [0.4, 0.5) is 0 Å². The number of aryl methyl sites for hydroxylation is 1. The molecule has 33 heavy (non-hydrogen) atoms. The van der Waals surface area contributed by atoms with Gasteiger partial charge in [0.15, 0.2) is 9.84 Å². The molecule has 0 aliphatic carbocycles. The van der Waals surface area contributed by atoms with Gasteiger partial charge in [-0.3, -0.25) is 15.0 Å². The molecular formula is C24H27N3O5S. The number of pyridine rings is 1. The van der Waals surface area contributed by atoms with Crippen LogP contribution in [-0.4, -0.2) is 54.8 Å². The van der Waals surface area contributed by atoms with Crippen LogP contribution in [-0.2, 0) is 21.2 Å². The Hall–Kier alpha value is -3.01. The quantitative estimate of drug-likeness (QED) is 0.405. The molecule has 0 spiro atoms. The van der Waals surface area contributed by atoms with E-state index >= 15 is 0 Å². The molecular weight excluding hydrogens is 442 g/mol. The van der Waals surface area contributed by atoms with E-state index in [-0.39, 0.29) is 10.6 Å². The van der Waals surface area contributed by atoms with Gasteiger partial charge in [-0.15, -0.1) is 0 Å². The number of sulfone groups is 1. The molecule has 0 unspecified atom stereocenters. The van der Waals surface area contributed by atoms with Crippen molar-refractivity contribution in [3.63, 3.8) is 0 Å². The van der Waals surface area contributed by atoms with Crippen molar-refractivity contribution in [1.82, 2.24) is 15.4 Å². The number of aromatic nitrogens is 1. The Labute approximate surface area is 193 Å².